The molecule has 0 aliphatic carbocycles. The number of nitrogens with one attached hydrogen (secondary N) is 1. The molecule has 32 heavy (non-hydrogen) atoms. The molecule has 0 saturated heterocycles. The Kier molecular flexibility index (Phi) is 8.42. The molecular formula is C25H23Cl2NO4. The summed E-state index contributed by atoms with van der Waals surface area (Å²) in [4.78, 5) is 12.1. The molecule has 3 aromatic carbocycles. The first-order valence-corrected chi connectivity index (χ1v) is 10.6. The van der Waals surface area contributed by atoms with E-state index in [-0.39, 0.29) is 5.91 Å². The van der Waals surface area contributed by atoms with Crippen molar-refractivity contribution in [3.05, 3.63) is 93.5 Å². The van der Waals surface area contributed by atoms with Gasteiger partial charge in [0.25, 0.3) is 0 Å². The molecule has 3 rings (SSSR count). The molecule has 1 amide bonds. The number of benzene rings is 3. The minimum Gasteiger partial charge on any atom is -0.493 e. The van der Waals surface area contributed by atoms with Gasteiger partial charge in [0.2, 0.25) is 5.91 Å². The van der Waals surface area contributed by atoms with E-state index >= 15 is 0 Å². The predicted molar refractivity (Wildman–Crippen MR) is 128 cm³/mol. The van der Waals surface area contributed by atoms with Gasteiger partial charge in [-0.3, -0.25) is 4.79 Å². The van der Waals surface area contributed by atoms with Gasteiger partial charge in [-0.25, -0.2) is 0 Å². The molecule has 1 N–H and O–H groups in total. The molecule has 7 heteroatoms. The molecule has 0 bridgehead atoms. The monoisotopic (exact) mass is 471 g/mol. The lowest BCUT2D eigenvalue weighted by Crippen LogP contribution is -2.20. The second kappa shape index (κ2) is 11.5. The number of carbonyl (C=O) groups excluding carboxylic acids is 1. The van der Waals surface area contributed by atoms with Crippen LogP contribution < -0.4 is 19.5 Å². The predicted octanol–water partition coefficient (Wildman–Crippen LogP) is 5.92. The smallest absolute Gasteiger partial charge is 0.244 e. The fourth-order valence-corrected chi connectivity index (χ4v) is 3.35. The van der Waals surface area contributed by atoms with E-state index in [2.05, 4.69) is 5.32 Å². The van der Waals surface area contributed by atoms with Crippen LogP contribution in [-0.2, 0) is 17.9 Å². The highest BCUT2D eigenvalue weighted by Gasteiger charge is 2.06. The fourth-order valence-electron chi connectivity index (χ4n) is 2.89. The van der Waals surface area contributed by atoms with Crippen LogP contribution in [0.4, 0.5) is 0 Å². The van der Waals surface area contributed by atoms with E-state index in [1.54, 1.807) is 38.5 Å². The van der Waals surface area contributed by atoms with Crippen molar-refractivity contribution in [2.45, 2.75) is 13.2 Å². The minimum atomic E-state index is -0.197. The number of hydrogen-bond acceptors (Lipinski definition) is 4. The van der Waals surface area contributed by atoms with E-state index in [0.29, 0.717) is 40.4 Å². The summed E-state index contributed by atoms with van der Waals surface area (Å²) in [5, 5.41) is 4.00. The minimum absolute atomic E-state index is 0.197. The van der Waals surface area contributed by atoms with Crippen LogP contribution in [0.1, 0.15) is 16.7 Å². The SMILES string of the molecule is COc1ccc(CNC(=O)C=Cc2ccc(OCc3ccc(Cl)cc3Cl)cc2)cc1OC. The van der Waals surface area contributed by atoms with Gasteiger partial charge in [0.1, 0.15) is 12.4 Å². The van der Waals surface area contributed by atoms with Gasteiger partial charge in [-0.2, -0.15) is 0 Å². The van der Waals surface area contributed by atoms with Crippen molar-refractivity contribution in [3.63, 3.8) is 0 Å². The molecule has 3 aromatic rings. The van der Waals surface area contributed by atoms with E-state index in [1.807, 2.05) is 42.5 Å². The van der Waals surface area contributed by atoms with Gasteiger partial charge in [-0.15, -0.1) is 0 Å². The summed E-state index contributed by atoms with van der Waals surface area (Å²) in [7, 11) is 3.16. The Morgan fingerprint density at radius 3 is 2.38 bits per heavy atom. The Morgan fingerprint density at radius 1 is 0.938 bits per heavy atom. The van der Waals surface area contributed by atoms with Gasteiger partial charge in [0, 0.05) is 28.2 Å². The maximum atomic E-state index is 12.1. The third-order valence-corrected chi connectivity index (χ3v) is 5.22. The normalized spacial score (nSPS) is 10.8. The first-order chi connectivity index (χ1) is 15.5. The zero-order chi connectivity index (χ0) is 22.9. The Labute approximate surface area is 197 Å². The van der Waals surface area contributed by atoms with Gasteiger partial charge in [0.15, 0.2) is 11.5 Å². The van der Waals surface area contributed by atoms with Gasteiger partial charge in [0.05, 0.1) is 14.2 Å². The number of rotatable bonds is 9. The van der Waals surface area contributed by atoms with E-state index in [9.17, 15) is 4.79 Å². The van der Waals surface area contributed by atoms with Crippen LogP contribution in [0.3, 0.4) is 0 Å². The molecule has 5 nitrogen and oxygen atoms in total. The summed E-state index contributed by atoms with van der Waals surface area (Å²) < 4.78 is 16.3. The van der Waals surface area contributed by atoms with Crippen LogP contribution in [0.15, 0.2) is 66.7 Å². The highest BCUT2D eigenvalue weighted by molar-refractivity contribution is 6.35. The zero-order valence-electron chi connectivity index (χ0n) is 17.7. The van der Waals surface area contributed by atoms with Gasteiger partial charge in [-0.1, -0.05) is 47.5 Å². The summed E-state index contributed by atoms with van der Waals surface area (Å²) in [6, 6.07) is 18.2. The third-order valence-electron chi connectivity index (χ3n) is 4.63. The highest BCUT2D eigenvalue weighted by Crippen LogP contribution is 2.27. The molecule has 0 unspecified atom stereocenters. The molecule has 0 heterocycles. The average Bonchev–Trinajstić information content (AvgIpc) is 2.81. The molecule has 0 aliphatic rings. The second-order valence-electron chi connectivity index (χ2n) is 6.83. The summed E-state index contributed by atoms with van der Waals surface area (Å²) in [6.07, 6.45) is 3.23. The van der Waals surface area contributed by atoms with Crippen LogP contribution in [0.2, 0.25) is 10.0 Å². The molecule has 0 aromatic heterocycles. The molecule has 0 spiro atoms. The van der Waals surface area contributed by atoms with Gasteiger partial charge >= 0.3 is 0 Å². The number of carbonyl (C=O) groups is 1. The fraction of sp³-hybridized carbons (Fsp3) is 0.160. The maximum Gasteiger partial charge on any atom is 0.244 e. The lowest BCUT2D eigenvalue weighted by Gasteiger charge is -2.09. The highest BCUT2D eigenvalue weighted by atomic mass is 35.5. The largest absolute Gasteiger partial charge is 0.493 e. The van der Waals surface area contributed by atoms with Crippen molar-refractivity contribution in [3.8, 4) is 17.2 Å². The Hall–Kier alpha value is -3.15. The maximum absolute atomic E-state index is 12.1. The van der Waals surface area contributed by atoms with E-state index in [4.69, 9.17) is 37.4 Å². The summed E-state index contributed by atoms with van der Waals surface area (Å²) >= 11 is 12.1. The molecule has 0 saturated carbocycles. The third kappa shape index (κ3) is 6.67. The molecule has 166 valence electrons. The number of amides is 1. The average molecular weight is 472 g/mol. The van der Waals surface area contributed by atoms with E-state index < -0.39 is 0 Å². The Balaban J connectivity index is 1.50. The number of hydrogen-bond donors (Lipinski definition) is 1. The second-order valence-corrected chi connectivity index (χ2v) is 7.68. The molecule has 0 radical (unpaired) electrons. The van der Waals surface area contributed by atoms with Gasteiger partial charge in [-0.05, 0) is 53.6 Å². The molecule has 0 atom stereocenters. The van der Waals surface area contributed by atoms with Crippen LogP contribution >= 0.6 is 23.2 Å². The van der Waals surface area contributed by atoms with Crippen LogP contribution in [-0.4, -0.2) is 20.1 Å². The van der Waals surface area contributed by atoms with Crippen LogP contribution in [0.25, 0.3) is 6.08 Å². The molecule has 0 aliphatic heterocycles. The zero-order valence-corrected chi connectivity index (χ0v) is 19.2. The standard InChI is InChI=1S/C25H23Cl2NO4/c1-30-23-11-5-18(13-24(23)31-2)15-28-25(29)12-6-17-3-9-21(10-4-17)32-16-19-7-8-20(26)14-22(19)27/h3-14H,15-16H2,1-2H3,(H,28,29). The van der Waals surface area contributed by atoms with Crippen LogP contribution in [0, 0.1) is 0 Å². The van der Waals surface area contributed by atoms with Crippen molar-refractivity contribution >= 4 is 35.2 Å². The molecular weight excluding hydrogens is 449 g/mol. The summed E-state index contributed by atoms with van der Waals surface area (Å²) in [6.45, 7) is 0.716. The number of ether oxygens (including phenoxy) is 3. The Morgan fingerprint density at radius 2 is 1.69 bits per heavy atom. The van der Waals surface area contributed by atoms with Gasteiger partial charge < -0.3 is 19.5 Å². The number of methoxy groups -OCH3 is 2. The van der Waals surface area contributed by atoms with Crippen molar-refractivity contribution < 1.29 is 19.0 Å². The van der Waals surface area contributed by atoms with Crippen molar-refractivity contribution in [1.82, 2.24) is 5.32 Å². The van der Waals surface area contributed by atoms with E-state index in [1.165, 1.54) is 6.08 Å². The topological polar surface area (TPSA) is 56.8 Å². The quantitative estimate of drug-likeness (QED) is 0.393. The lowest BCUT2D eigenvalue weighted by atomic mass is 10.2. The molecule has 0 fully saturated rings. The Bertz CT molecular complexity index is 1100. The number of halogens is 2. The summed E-state index contributed by atoms with van der Waals surface area (Å²) in [5.74, 6) is 1.77. The lowest BCUT2D eigenvalue weighted by molar-refractivity contribution is -0.116. The van der Waals surface area contributed by atoms with Crippen molar-refractivity contribution in [2.24, 2.45) is 0 Å². The van der Waals surface area contributed by atoms with Crippen molar-refractivity contribution in [1.29, 1.82) is 0 Å². The first-order valence-electron chi connectivity index (χ1n) is 9.82. The van der Waals surface area contributed by atoms with Crippen molar-refractivity contribution in [2.75, 3.05) is 14.2 Å². The van der Waals surface area contributed by atoms with Crippen LogP contribution in [0.5, 0.6) is 17.2 Å². The van der Waals surface area contributed by atoms with E-state index in [0.717, 1.165) is 16.7 Å². The summed E-state index contributed by atoms with van der Waals surface area (Å²) in [5.41, 5.74) is 2.64. The first kappa shape index (κ1) is 23.5.